The Balaban J connectivity index is 3.61. The minimum absolute atomic E-state index is 0.202. The summed E-state index contributed by atoms with van der Waals surface area (Å²) in [6, 6.07) is 1.58. The number of hydrogen-bond donors (Lipinski definition) is 0. The zero-order chi connectivity index (χ0) is 15.4. The standard InChI is InChI=1S/C14H17Cl2NO3/c1-6-8(14(18)17(2)3)11-12(15)9(19-4)7-10(20-5)13(11)16/h6-7H,1-5H3. The second-order valence-corrected chi connectivity index (χ2v) is 4.94. The molecule has 0 aliphatic heterocycles. The van der Waals surface area contributed by atoms with Crippen LogP contribution in [-0.4, -0.2) is 39.1 Å². The first-order valence-corrected chi connectivity index (χ1v) is 6.62. The van der Waals surface area contributed by atoms with Crippen LogP contribution in [0.2, 0.25) is 10.0 Å². The van der Waals surface area contributed by atoms with Crippen LogP contribution in [0.3, 0.4) is 0 Å². The van der Waals surface area contributed by atoms with Crippen LogP contribution in [0.15, 0.2) is 12.1 Å². The fourth-order valence-corrected chi connectivity index (χ4v) is 2.44. The molecule has 0 aromatic heterocycles. The number of hydrogen-bond acceptors (Lipinski definition) is 3. The lowest BCUT2D eigenvalue weighted by molar-refractivity contribution is -0.122. The Morgan fingerprint density at radius 1 is 1.15 bits per heavy atom. The van der Waals surface area contributed by atoms with E-state index in [0.717, 1.165) is 0 Å². The van der Waals surface area contributed by atoms with Crippen LogP contribution in [0.1, 0.15) is 12.5 Å². The van der Waals surface area contributed by atoms with E-state index in [1.807, 2.05) is 0 Å². The number of carbonyl (C=O) groups is 1. The van der Waals surface area contributed by atoms with E-state index >= 15 is 0 Å². The van der Waals surface area contributed by atoms with Gasteiger partial charge < -0.3 is 14.4 Å². The summed E-state index contributed by atoms with van der Waals surface area (Å²) in [5.41, 5.74) is 0.799. The highest BCUT2D eigenvalue weighted by Crippen LogP contribution is 2.43. The molecule has 1 aromatic carbocycles. The van der Waals surface area contributed by atoms with Crippen LogP contribution < -0.4 is 9.47 Å². The number of carbonyl (C=O) groups excluding carboxylic acids is 1. The van der Waals surface area contributed by atoms with Crippen molar-refractivity contribution in [3.63, 3.8) is 0 Å². The molecule has 0 aliphatic carbocycles. The second kappa shape index (κ2) is 6.86. The topological polar surface area (TPSA) is 38.8 Å². The summed E-state index contributed by atoms with van der Waals surface area (Å²) in [5, 5.41) is 0.559. The lowest BCUT2D eigenvalue weighted by Crippen LogP contribution is -2.23. The van der Waals surface area contributed by atoms with Gasteiger partial charge in [-0.25, -0.2) is 0 Å². The van der Waals surface area contributed by atoms with Crippen molar-refractivity contribution in [2.75, 3.05) is 28.3 Å². The fraction of sp³-hybridized carbons (Fsp3) is 0.357. The number of ether oxygens (including phenoxy) is 2. The van der Waals surface area contributed by atoms with Gasteiger partial charge in [0, 0.05) is 31.3 Å². The highest BCUT2D eigenvalue weighted by Gasteiger charge is 2.24. The Morgan fingerprint density at radius 2 is 1.60 bits per heavy atom. The summed E-state index contributed by atoms with van der Waals surface area (Å²) in [5.74, 6) is 0.592. The molecular formula is C14H17Cl2NO3. The summed E-state index contributed by atoms with van der Waals surface area (Å²) in [4.78, 5) is 13.7. The zero-order valence-corrected chi connectivity index (χ0v) is 13.6. The molecule has 0 N–H and O–H groups in total. The normalized spacial score (nSPS) is 11.2. The molecule has 110 valence electrons. The van der Waals surface area contributed by atoms with Crippen molar-refractivity contribution in [1.29, 1.82) is 0 Å². The molecule has 0 spiro atoms. The average molecular weight is 318 g/mol. The Morgan fingerprint density at radius 3 is 1.90 bits per heavy atom. The highest BCUT2D eigenvalue weighted by molar-refractivity contribution is 6.42. The minimum Gasteiger partial charge on any atom is -0.495 e. The van der Waals surface area contributed by atoms with Gasteiger partial charge in [0.15, 0.2) is 0 Å². The van der Waals surface area contributed by atoms with Crippen molar-refractivity contribution in [3.05, 3.63) is 27.8 Å². The van der Waals surface area contributed by atoms with Crippen LogP contribution >= 0.6 is 23.2 Å². The Labute approximate surface area is 128 Å². The van der Waals surface area contributed by atoms with E-state index in [0.29, 0.717) is 22.6 Å². The molecule has 0 radical (unpaired) electrons. The molecule has 6 heteroatoms. The maximum Gasteiger partial charge on any atom is 0.253 e. The molecule has 1 aromatic rings. The summed E-state index contributed by atoms with van der Waals surface area (Å²) in [6.07, 6.45) is 1.66. The van der Waals surface area contributed by atoms with Gasteiger partial charge >= 0.3 is 0 Å². The van der Waals surface area contributed by atoms with Gasteiger partial charge in [-0.1, -0.05) is 29.3 Å². The molecule has 0 saturated heterocycles. The van der Waals surface area contributed by atoms with Gasteiger partial charge in [-0.15, -0.1) is 0 Å². The summed E-state index contributed by atoms with van der Waals surface area (Å²) in [6.45, 7) is 1.75. The molecule has 0 heterocycles. The van der Waals surface area contributed by atoms with Gasteiger partial charge in [0.05, 0.1) is 24.3 Å². The van der Waals surface area contributed by atoms with E-state index in [1.165, 1.54) is 19.1 Å². The summed E-state index contributed by atoms with van der Waals surface area (Å²) >= 11 is 12.6. The minimum atomic E-state index is -0.202. The summed E-state index contributed by atoms with van der Waals surface area (Å²) < 4.78 is 10.4. The van der Waals surface area contributed by atoms with Crippen molar-refractivity contribution in [3.8, 4) is 11.5 Å². The Hall–Kier alpha value is -1.39. The third-order valence-electron chi connectivity index (χ3n) is 2.77. The number of halogens is 2. The van der Waals surface area contributed by atoms with Crippen molar-refractivity contribution < 1.29 is 14.3 Å². The molecule has 1 amide bonds. The number of nitrogens with zero attached hydrogens (tertiary/aromatic N) is 1. The number of amides is 1. The summed E-state index contributed by atoms with van der Waals surface area (Å²) in [7, 11) is 6.29. The quantitative estimate of drug-likeness (QED) is 0.798. The number of allylic oxidation sites excluding steroid dienone is 1. The monoisotopic (exact) mass is 317 g/mol. The molecule has 0 bridgehead atoms. The third kappa shape index (κ3) is 3.02. The van der Waals surface area contributed by atoms with Gasteiger partial charge in [0.1, 0.15) is 11.5 Å². The van der Waals surface area contributed by atoms with Gasteiger partial charge in [0.2, 0.25) is 0 Å². The van der Waals surface area contributed by atoms with E-state index in [-0.39, 0.29) is 16.0 Å². The number of rotatable bonds is 4. The second-order valence-electron chi connectivity index (χ2n) is 4.19. The molecule has 0 saturated carbocycles. The smallest absolute Gasteiger partial charge is 0.253 e. The molecule has 1 rings (SSSR count). The van der Waals surface area contributed by atoms with E-state index in [4.69, 9.17) is 32.7 Å². The van der Waals surface area contributed by atoms with E-state index in [9.17, 15) is 4.79 Å². The fourth-order valence-electron chi connectivity index (χ4n) is 1.74. The van der Waals surface area contributed by atoms with Crippen molar-refractivity contribution >= 4 is 34.7 Å². The first-order chi connectivity index (χ1) is 9.38. The average Bonchev–Trinajstić information content (AvgIpc) is 2.43. The lowest BCUT2D eigenvalue weighted by Gasteiger charge is -2.18. The third-order valence-corrected chi connectivity index (χ3v) is 3.52. The van der Waals surface area contributed by atoms with E-state index in [2.05, 4.69) is 0 Å². The van der Waals surface area contributed by atoms with Crippen molar-refractivity contribution in [1.82, 2.24) is 4.90 Å². The van der Waals surface area contributed by atoms with Gasteiger partial charge in [-0.3, -0.25) is 4.79 Å². The maximum absolute atomic E-state index is 12.2. The predicted octanol–water partition coefficient (Wildman–Crippen LogP) is 3.50. The first kappa shape index (κ1) is 16.7. The van der Waals surface area contributed by atoms with Gasteiger partial charge in [0.25, 0.3) is 5.91 Å². The van der Waals surface area contributed by atoms with Crippen LogP contribution in [0, 0.1) is 0 Å². The molecular weight excluding hydrogens is 301 g/mol. The van der Waals surface area contributed by atoms with Crippen LogP contribution in [-0.2, 0) is 4.79 Å². The molecule has 0 unspecified atom stereocenters. The Kier molecular flexibility index (Phi) is 5.72. The number of methoxy groups -OCH3 is 2. The molecule has 4 nitrogen and oxygen atoms in total. The highest BCUT2D eigenvalue weighted by atomic mass is 35.5. The first-order valence-electron chi connectivity index (χ1n) is 5.87. The van der Waals surface area contributed by atoms with Crippen LogP contribution in [0.25, 0.3) is 5.57 Å². The maximum atomic E-state index is 12.2. The molecule has 20 heavy (non-hydrogen) atoms. The van der Waals surface area contributed by atoms with Crippen molar-refractivity contribution in [2.45, 2.75) is 6.92 Å². The van der Waals surface area contributed by atoms with Crippen molar-refractivity contribution in [2.24, 2.45) is 0 Å². The predicted molar refractivity (Wildman–Crippen MR) is 81.9 cm³/mol. The number of likely N-dealkylation sites (N-methyl/N-ethyl adjacent to an activating group) is 1. The van der Waals surface area contributed by atoms with Crippen LogP contribution in [0.5, 0.6) is 11.5 Å². The largest absolute Gasteiger partial charge is 0.495 e. The lowest BCUT2D eigenvalue weighted by atomic mass is 10.0. The van der Waals surface area contributed by atoms with Gasteiger partial charge in [-0.05, 0) is 6.92 Å². The van der Waals surface area contributed by atoms with E-state index < -0.39 is 0 Å². The Bertz CT molecular complexity index is 526. The van der Waals surface area contributed by atoms with Crippen LogP contribution in [0.4, 0.5) is 0 Å². The molecule has 0 fully saturated rings. The van der Waals surface area contributed by atoms with E-state index in [1.54, 1.807) is 33.2 Å². The zero-order valence-electron chi connectivity index (χ0n) is 12.1. The number of benzene rings is 1. The van der Waals surface area contributed by atoms with Gasteiger partial charge in [-0.2, -0.15) is 0 Å². The molecule has 0 aliphatic rings. The molecule has 0 atom stereocenters. The SMILES string of the molecule is CC=C(C(=O)N(C)C)c1c(Cl)c(OC)cc(OC)c1Cl.